The molecular weight excluding hydrogens is 480 g/mol. The maximum Gasteiger partial charge on any atom is 0.305 e. The highest BCUT2D eigenvalue weighted by Gasteiger charge is 2.20. The Morgan fingerprint density at radius 3 is 2.74 bits per heavy atom. The van der Waals surface area contributed by atoms with E-state index < -0.39 is 6.10 Å². The van der Waals surface area contributed by atoms with Crippen LogP contribution in [0.2, 0.25) is 0 Å². The number of nitrogens with one attached hydrogen (secondary N) is 2. The fourth-order valence-electron chi connectivity index (χ4n) is 3.35. The highest BCUT2D eigenvalue weighted by atomic mass is 79.9. The molecule has 1 atom stereocenters. The Morgan fingerprint density at radius 1 is 1.23 bits per heavy atom. The molecule has 1 aromatic heterocycles. The molecule has 0 saturated heterocycles. The molecule has 3 N–H and O–H groups in total. The first-order valence-corrected chi connectivity index (χ1v) is 12.1. The van der Waals surface area contributed by atoms with Crippen molar-refractivity contribution in [2.24, 2.45) is 0 Å². The van der Waals surface area contributed by atoms with E-state index in [4.69, 9.17) is 4.74 Å². The zero-order chi connectivity index (χ0) is 22.2. The maximum atomic E-state index is 12.2. The molecule has 0 aliphatic heterocycles. The first kappa shape index (κ1) is 23.5. The van der Waals surface area contributed by atoms with Crippen LogP contribution in [-0.4, -0.2) is 29.1 Å². The van der Waals surface area contributed by atoms with Crippen LogP contribution in [0.5, 0.6) is 5.75 Å². The minimum Gasteiger partial charge on any atom is -0.506 e. The molecule has 8 heteroatoms. The lowest BCUT2D eigenvalue weighted by Crippen LogP contribution is -2.29. The second-order valence-corrected chi connectivity index (χ2v) is 9.29. The Hall–Kier alpha value is -2.16. The zero-order valence-electron chi connectivity index (χ0n) is 17.4. The number of rotatable bonds is 11. The molecule has 3 aromatic rings. The third-order valence-electron chi connectivity index (χ3n) is 5.05. The number of carbonyl (C=O) groups is 1. The number of H-pyrrole nitrogens is 1. The van der Waals surface area contributed by atoms with Gasteiger partial charge in [0, 0.05) is 23.0 Å². The molecule has 0 bridgehead atoms. The first-order valence-electron chi connectivity index (χ1n) is 10.5. The van der Waals surface area contributed by atoms with Crippen LogP contribution in [0.25, 0.3) is 10.2 Å². The van der Waals surface area contributed by atoms with Crippen molar-refractivity contribution in [1.29, 1.82) is 0 Å². The van der Waals surface area contributed by atoms with Crippen molar-refractivity contribution in [2.75, 3.05) is 13.2 Å². The Bertz CT molecular complexity index is 1060. The standard InChI is InChI=1S/C23H27BrN2O4S/c1-2-3-4-5-20(28)25-14-19(30-13-12-15-6-8-16(24)9-7-15)17-10-11-18(27)21-22(17)31-23(29)26-21/h6-11,19,27H,2-5,12-14H2,1H3,(H,25,28)(H,26,29). The molecule has 2 aromatic carbocycles. The molecule has 0 aliphatic carbocycles. The fraction of sp³-hybridized carbons (Fsp3) is 0.391. The second kappa shape index (κ2) is 11.5. The quantitative estimate of drug-likeness (QED) is 0.317. The molecule has 166 valence electrons. The molecule has 1 unspecified atom stereocenters. The van der Waals surface area contributed by atoms with Gasteiger partial charge in [-0.25, -0.2) is 0 Å². The summed E-state index contributed by atoms with van der Waals surface area (Å²) in [5, 5.41) is 13.1. The van der Waals surface area contributed by atoms with Crippen molar-refractivity contribution in [3.05, 3.63) is 61.7 Å². The van der Waals surface area contributed by atoms with Crippen molar-refractivity contribution in [3.63, 3.8) is 0 Å². The van der Waals surface area contributed by atoms with E-state index in [-0.39, 0.29) is 16.5 Å². The van der Waals surface area contributed by atoms with Crippen molar-refractivity contribution in [3.8, 4) is 5.75 Å². The summed E-state index contributed by atoms with van der Waals surface area (Å²) in [7, 11) is 0. The molecule has 3 rings (SSSR count). The van der Waals surface area contributed by atoms with Crippen LogP contribution >= 0.6 is 27.3 Å². The van der Waals surface area contributed by atoms with Crippen LogP contribution in [0.1, 0.15) is 49.8 Å². The summed E-state index contributed by atoms with van der Waals surface area (Å²) in [4.78, 5) is 26.6. The summed E-state index contributed by atoms with van der Waals surface area (Å²) in [6.07, 6.45) is 3.73. The number of fused-ring (bicyclic) bond motifs is 1. The van der Waals surface area contributed by atoms with Gasteiger partial charge in [-0.15, -0.1) is 0 Å². The molecule has 1 amide bonds. The van der Waals surface area contributed by atoms with Gasteiger partial charge in [0.05, 0.1) is 11.3 Å². The van der Waals surface area contributed by atoms with Crippen LogP contribution in [0.15, 0.2) is 45.7 Å². The highest BCUT2D eigenvalue weighted by molar-refractivity contribution is 9.10. The Kier molecular flexibility index (Phi) is 8.69. The molecule has 0 radical (unpaired) electrons. The monoisotopic (exact) mass is 506 g/mol. The molecule has 0 saturated carbocycles. The van der Waals surface area contributed by atoms with Crippen LogP contribution in [0.3, 0.4) is 0 Å². The summed E-state index contributed by atoms with van der Waals surface area (Å²) in [6, 6.07) is 11.4. The van der Waals surface area contributed by atoms with Gasteiger partial charge in [-0.3, -0.25) is 9.59 Å². The molecule has 0 aliphatic rings. The van der Waals surface area contributed by atoms with Crippen LogP contribution < -0.4 is 10.2 Å². The number of halogens is 1. The van der Waals surface area contributed by atoms with Crippen LogP contribution in [-0.2, 0) is 16.0 Å². The molecular formula is C23H27BrN2O4S. The number of hydrogen-bond donors (Lipinski definition) is 3. The lowest BCUT2D eigenvalue weighted by molar-refractivity contribution is -0.121. The van der Waals surface area contributed by atoms with E-state index in [2.05, 4.69) is 33.2 Å². The molecule has 6 nitrogen and oxygen atoms in total. The van der Waals surface area contributed by atoms with E-state index in [1.54, 1.807) is 12.1 Å². The average molecular weight is 507 g/mol. The number of carbonyl (C=O) groups excluding carboxylic acids is 1. The second-order valence-electron chi connectivity index (χ2n) is 7.39. The Labute approximate surface area is 193 Å². The number of amides is 1. The van der Waals surface area contributed by atoms with E-state index in [0.717, 1.165) is 52.6 Å². The van der Waals surface area contributed by atoms with Gasteiger partial charge >= 0.3 is 4.87 Å². The number of hydrogen-bond acceptors (Lipinski definition) is 5. The van der Waals surface area contributed by atoms with Crippen LogP contribution in [0, 0.1) is 0 Å². The van der Waals surface area contributed by atoms with E-state index in [9.17, 15) is 14.7 Å². The van der Waals surface area contributed by atoms with Crippen LogP contribution in [0.4, 0.5) is 0 Å². The number of phenols is 1. The molecule has 1 heterocycles. The van der Waals surface area contributed by atoms with Gasteiger partial charge in [-0.05, 0) is 36.6 Å². The smallest absolute Gasteiger partial charge is 0.305 e. The zero-order valence-corrected chi connectivity index (χ0v) is 19.9. The lowest BCUT2D eigenvalue weighted by Gasteiger charge is -2.20. The maximum absolute atomic E-state index is 12.2. The summed E-state index contributed by atoms with van der Waals surface area (Å²) in [5.74, 6) is 0.0153. The van der Waals surface area contributed by atoms with Crippen molar-refractivity contribution < 1.29 is 14.6 Å². The highest BCUT2D eigenvalue weighted by Crippen LogP contribution is 2.32. The van der Waals surface area contributed by atoms with Gasteiger partial charge in [-0.2, -0.15) is 0 Å². The minimum absolute atomic E-state index is 0.00719. The summed E-state index contributed by atoms with van der Waals surface area (Å²) < 4.78 is 7.85. The Balaban J connectivity index is 1.74. The molecule has 0 spiro atoms. The largest absolute Gasteiger partial charge is 0.506 e. The third-order valence-corrected chi connectivity index (χ3v) is 6.51. The summed E-state index contributed by atoms with van der Waals surface area (Å²) in [5.41, 5.74) is 2.33. The number of aromatic amines is 1. The molecule has 31 heavy (non-hydrogen) atoms. The van der Waals surface area contributed by atoms with Crippen molar-refractivity contribution in [1.82, 2.24) is 10.3 Å². The fourth-order valence-corrected chi connectivity index (χ4v) is 4.53. The SMILES string of the molecule is CCCCCC(=O)NCC(OCCc1ccc(Br)cc1)c1ccc(O)c2[nH]c(=O)sc12. The van der Waals surface area contributed by atoms with Gasteiger partial charge in [0.2, 0.25) is 5.91 Å². The first-order chi connectivity index (χ1) is 15.0. The minimum atomic E-state index is -0.430. The molecule has 0 fully saturated rings. The van der Waals surface area contributed by atoms with Gasteiger partial charge in [0.25, 0.3) is 0 Å². The number of unbranched alkanes of at least 4 members (excludes halogenated alkanes) is 2. The number of aromatic hydroxyl groups is 1. The summed E-state index contributed by atoms with van der Waals surface area (Å²) in [6.45, 7) is 2.86. The third kappa shape index (κ3) is 6.66. The van der Waals surface area contributed by atoms with Gasteiger partial charge < -0.3 is 20.1 Å². The van der Waals surface area contributed by atoms with E-state index >= 15 is 0 Å². The number of phenolic OH excluding ortho intramolecular Hbond substituents is 1. The number of ether oxygens (including phenoxy) is 1. The number of aromatic nitrogens is 1. The lowest BCUT2D eigenvalue weighted by atomic mass is 10.1. The van der Waals surface area contributed by atoms with Gasteiger partial charge in [-0.1, -0.05) is 65.2 Å². The average Bonchev–Trinajstić information content (AvgIpc) is 3.15. The van der Waals surface area contributed by atoms with E-state index in [1.807, 2.05) is 24.3 Å². The normalized spacial score (nSPS) is 12.2. The van der Waals surface area contributed by atoms with Crippen molar-refractivity contribution in [2.45, 2.75) is 45.1 Å². The topological polar surface area (TPSA) is 91.4 Å². The number of thiazole rings is 1. The summed E-state index contributed by atoms with van der Waals surface area (Å²) >= 11 is 4.47. The van der Waals surface area contributed by atoms with Gasteiger partial charge in [0.15, 0.2) is 0 Å². The predicted molar refractivity (Wildman–Crippen MR) is 128 cm³/mol. The van der Waals surface area contributed by atoms with Gasteiger partial charge in [0.1, 0.15) is 17.4 Å². The van der Waals surface area contributed by atoms with Crippen molar-refractivity contribution >= 4 is 43.4 Å². The number of benzene rings is 2. The predicted octanol–water partition coefficient (Wildman–Crippen LogP) is 5.05. The van der Waals surface area contributed by atoms with E-state index in [1.165, 1.54) is 0 Å². The van der Waals surface area contributed by atoms with E-state index in [0.29, 0.717) is 29.8 Å². The Morgan fingerprint density at radius 2 is 2.00 bits per heavy atom.